The van der Waals surface area contributed by atoms with Crippen LogP contribution >= 0.6 is 0 Å². The molecule has 2 aromatic carbocycles. The predicted molar refractivity (Wildman–Crippen MR) is 85.8 cm³/mol. The first-order chi connectivity index (χ1) is 10.0. The molecule has 2 aromatic rings. The normalized spacial score (nSPS) is 12.0. The zero-order chi connectivity index (χ0) is 15.4. The fourth-order valence-electron chi connectivity index (χ4n) is 2.20. The average Bonchev–Trinajstić information content (AvgIpc) is 2.47. The number of nitrogens with two attached hydrogens (primary N) is 1. The molecule has 0 aliphatic carbocycles. The summed E-state index contributed by atoms with van der Waals surface area (Å²) in [5.41, 5.74) is 10.6. The third kappa shape index (κ3) is 3.76. The third-order valence-corrected chi connectivity index (χ3v) is 3.60. The number of ether oxygens (including phenoxy) is 2. The molecule has 0 spiro atoms. The monoisotopic (exact) mass is 285 g/mol. The van der Waals surface area contributed by atoms with Crippen LogP contribution in [0.4, 0.5) is 0 Å². The molecule has 0 radical (unpaired) electrons. The molecular weight excluding hydrogens is 262 g/mol. The van der Waals surface area contributed by atoms with Crippen molar-refractivity contribution in [1.82, 2.24) is 0 Å². The molecule has 0 aromatic heterocycles. The molecule has 0 heterocycles. The van der Waals surface area contributed by atoms with Crippen LogP contribution in [-0.4, -0.2) is 7.11 Å². The maximum absolute atomic E-state index is 5.92. The molecule has 21 heavy (non-hydrogen) atoms. The molecule has 112 valence electrons. The Hall–Kier alpha value is -2.00. The van der Waals surface area contributed by atoms with Crippen molar-refractivity contribution < 1.29 is 9.47 Å². The van der Waals surface area contributed by atoms with Gasteiger partial charge in [-0.05, 0) is 49.6 Å². The van der Waals surface area contributed by atoms with Crippen LogP contribution in [0.5, 0.6) is 11.5 Å². The first kappa shape index (κ1) is 15.4. The Kier molecular flexibility index (Phi) is 4.86. The van der Waals surface area contributed by atoms with Crippen molar-refractivity contribution in [2.45, 2.75) is 33.4 Å². The van der Waals surface area contributed by atoms with Crippen LogP contribution in [0.15, 0.2) is 36.4 Å². The Morgan fingerprint density at radius 3 is 2.48 bits per heavy atom. The highest BCUT2D eigenvalue weighted by atomic mass is 16.5. The second-order valence-electron chi connectivity index (χ2n) is 5.42. The Morgan fingerprint density at radius 2 is 1.81 bits per heavy atom. The number of hydrogen-bond acceptors (Lipinski definition) is 3. The van der Waals surface area contributed by atoms with Crippen LogP contribution in [0.25, 0.3) is 0 Å². The Morgan fingerprint density at radius 1 is 1.05 bits per heavy atom. The SMILES string of the molecule is COc1cc([C@@H](C)N)ccc1OCc1cc(C)ccc1C. The van der Waals surface area contributed by atoms with Crippen LogP contribution in [0.2, 0.25) is 0 Å². The molecule has 1 atom stereocenters. The number of benzene rings is 2. The van der Waals surface area contributed by atoms with E-state index in [1.54, 1.807) is 7.11 Å². The molecule has 0 saturated heterocycles. The summed E-state index contributed by atoms with van der Waals surface area (Å²) >= 11 is 0. The first-order valence-corrected chi connectivity index (χ1v) is 7.13. The maximum atomic E-state index is 5.92. The highest BCUT2D eigenvalue weighted by Crippen LogP contribution is 2.30. The lowest BCUT2D eigenvalue weighted by Gasteiger charge is -2.14. The third-order valence-electron chi connectivity index (χ3n) is 3.60. The van der Waals surface area contributed by atoms with Gasteiger partial charge in [0.25, 0.3) is 0 Å². The minimum absolute atomic E-state index is 0.0213. The summed E-state index contributed by atoms with van der Waals surface area (Å²) in [5.74, 6) is 1.46. The van der Waals surface area contributed by atoms with Gasteiger partial charge >= 0.3 is 0 Å². The quantitative estimate of drug-likeness (QED) is 0.905. The van der Waals surface area contributed by atoms with Gasteiger partial charge in [0, 0.05) is 6.04 Å². The number of rotatable bonds is 5. The fourth-order valence-corrected chi connectivity index (χ4v) is 2.20. The van der Waals surface area contributed by atoms with E-state index in [1.165, 1.54) is 16.7 Å². The number of hydrogen-bond donors (Lipinski definition) is 1. The van der Waals surface area contributed by atoms with Crippen molar-refractivity contribution >= 4 is 0 Å². The average molecular weight is 285 g/mol. The van der Waals surface area contributed by atoms with Gasteiger partial charge in [-0.15, -0.1) is 0 Å². The van der Waals surface area contributed by atoms with E-state index in [9.17, 15) is 0 Å². The topological polar surface area (TPSA) is 44.5 Å². The highest BCUT2D eigenvalue weighted by molar-refractivity contribution is 5.44. The number of aryl methyl sites for hydroxylation is 2. The van der Waals surface area contributed by atoms with E-state index in [1.807, 2.05) is 25.1 Å². The molecular formula is C18H23NO2. The van der Waals surface area contributed by atoms with Crippen LogP contribution in [0.1, 0.15) is 35.2 Å². The second-order valence-corrected chi connectivity index (χ2v) is 5.42. The zero-order valence-corrected chi connectivity index (χ0v) is 13.1. The molecule has 2 rings (SSSR count). The van der Waals surface area contributed by atoms with Gasteiger partial charge in [0.05, 0.1) is 7.11 Å². The summed E-state index contributed by atoms with van der Waals surface area (Å²) in [6.45, 7) is 6.66. The van der Waals surface area contributed by atoms with Crippen molar-refractivity contribution in [3.63, 3.8) is 0 Å². The molecule has 0 amide bonds. The Balaban J connectivity index is 2.18. The van der Waals surface area contributed by atoms with Gasteiger partial charge in [0.1, 0.15) is 6.61 Å². The lowest BCUT2D eigenvalue weighted by molar-refractivity contribution is 0.283. The van der Waals surface area contributed by atoms with E-state index in [0.29, 0.717) is 6.61 Å². The molecule has 0 bridgehead atoms. The van der Waals surface area contributed by atoms with Crippen molar-refractivity contribution in [1.29, 1.82) is 0 Å². The molecule has 0 aliphatic rings. The van der Waals surface area contributed by atoms with Gasteiger partial charge in [-0.2, -0.15) is 0 Å². The molecule has 0 aliphatic heterocycles. The van der Waals surface area contributed by atoms with E-state index in [4.69, 9.17) is 15.2 Å². The summed E-state index contributed by atoms with van der Waals surface area (Å²) < 4.78 is 11.3. The highest BCUT2D eigenvalue weighted by Gasteiger charge is 2.09. The van der Waals surface area contributed by atoms with Crippen molar-refractivity contribution in [2.75, 3.05) is 7.11 Å². The lowest BCUT2D eigenvalue weighted by atomic mass is 10.1. The van der Waals surface area contributed by atoms with Gasteiger partial charge in [0.2, 0.25) is 0 Å². The maximum Gasteiger partial charge on any atom is 0.161 e. The van der Waals surface area contributed by atoms with E-state index in [0.717, 1.165) is 17.1 Å². The second kappa shape index (κ2) is 6.64. The van der Waals surface area contributed by atoms with Gasteiger partial charge in [0.15, 0.2) is 11.5 Å². The van der Waals surface area contributed by atoms with Gasteiger partial charge in [-0.1, -0.05) is 29.8 Å². The van der Waals surface area contributed by atoms with Gasteiger partial charge < -0.3 is 15.2 Å². The summed E-state index contributed by atoms with van der Waals surface area (Å²) in [6.07, 6.45) is 0. The van der Waals surface area contributed by atoms with Crippen molar-refractivity contribution in [3.05, 3.63) is 58.7 Å². The van der Waals surface area contributed by atoms with Crippen LogP contribution in [-0.2, 0) is 6.61 Å². The van der Waals surface area contributed by atoms with E-state index in [-0.39, 0.29) is 6.04 Å². The van der Waals surface area contributed by atoms with Crippen molar-refractivity contribution in [3.8, 4) is 11.5 Å². The predicted octanol–water partition coefficient (Wildman–Crippen LogP) is 3.91. The van der Waals surface area contributed by atoms with Gasteiger partial charge in [-0.3, -0.25) is 0 Å². The van der Waals surface area contributed by atoms with Crippen LogP contribution in [0, 0.1) is 13.8 Å². The fraction of sp³-hybridized carbons (Fsp3) is 0.333. The standard InChI is InChI=1S/C18H23NO2/c1-12-5-6-13(2)16(9-12)11-21-17-8-7-15(14(3)19)10-18(17)20-4/h5-10,14H,11,19H2,1-4H3/t14-/m1/s1. The molecule has 3 nitrogen and oxygen atoms in total. The zero-order valence-electron chi connectivity index (χ0n) is 13.1. The molecule has 0 saturated carbocycles. The first-order valence-electron chi connectivity index (χ1n) is 7.13. The largest absolute Gasteiger partial charge is 0.493 e. The molecule has 2 N–H and O–H groups in total. The van der Waals surface area contributed by atoms with Crippen LogP contribution < -0.4 is 15.2 Å². The van der Waals surface area contributed by atoms with E-state index >= 15 is 0 Å². The van der Waals surface area contributed by atoms with Gasteiger partial charge in [-0.25, -0.2) is 0 Å². The van der Waals surface area contributed by atoms with E-state index in [2.05, 4.69) is 32.0 Å². The molecule has 0 fully saturated rings. The van der Waals surface area contributed by atoms with E-state index < -0.39 is 0 Å². The Labute approximate surface area is 126 Å². The summed E-state index contributed by atoms with van der Waals surface area (Å²) in [7, 11) is 1.64. The smallest absolute Gasteiger partial charge is 0.161 e. The molecule has 0 unspecified atom stereocenters. The minimum atomic E-state index is -0.0213. The summed E-state index contributed by atoms with van der Waals surface area (Å²) in [4.78, 5) is 0. The van der Waals surface area contributed by atoms with Crippen molar-refractivity contribution in [2.24, 2.45) is 5.73 Å². The summed E-state index contributed by atoms with van der Waals surface area (Å²) in [6, 6.07) is 12.2. The Bertz CT molecular complexity index is 621. The van der Waals surface area contributed by atoms with Crippen LogP contribution in [0.3, 0.4) is 0 Å². The number of methoxy groups -OCH3 is 1. The molecule has 3 heteroatoms. The summed E-state index contributed by atoms with van der Waals surface area (Å²) in [5, 5.41) is 0. The minimum Gasteiger partial charge on any atom is -0.493 e. The lowest BCUT2D eigenvalue weighted by Crippen LogP contribution is -2.06.